The maximum Gasteiger partial charge on any atom is 0.0548 e. The average molecular weight is 278 g/mol. The zero-order chi connectivity index (χ0) is 13.6. The summed E-state index contributed by atoms with van der Waals surface area (Å²) in [7, 11) is 0. The molecule has 20 heavy (non-hydrogen) atoms. The van der Waals surface area contributed by atoms with Crippen LogP contribution in [0.25, 0.3) is 0 Å². The largest absolute Gasteiger partial charge is 0.393 e. The van der Waals surface area contributed by atoms with E-state index in [-0.39, 0.29) is 6.10 Å². The van der Waals surface area contributed by atoms with Crippen LogP contribution in [0.4, 0.5) is 0 Å². The highest BCUT2D eigenvalue weighted by Crippen LogP contribution is 2.61. The highest BCUT2D eigenvalue weighted by molar-refractivity contribution is 5.02. The highest BCUT2D eigenvalue weighted by atomic mass is 16.5. The summed E-state index contributed by atoms with van der Waals surface area (Å²) in [6.07, 6.45) is 13.3. The first-order chi connectivity index (χ1) is 9.71. The molecule has 5 aliphatic rings. The van der Waals surface area contributed by atoms with Crippen molar-refractivity contribution in [2.24, 2.45) is 29.1 Å². The summed E-state index contributed by atoms with van der Waals surface area (Å²) < 4.78 is 5.43. The molecule has 4 bridgehead atoms. The van der Waals surface area contributed by atoms with E-state index in [1.54, 1.807) is 0 Å². The highest BCUT2D eigenvalue weighted by Gasteiger charge is 2.51. The predicted octanol–water partition coefficient (Wildman–Crippen LogP) is 3.77. The molecule has 0 aromatic heterocycles. The van der Waals surface area contributed by atoms with Crippen LogP contribution in [0.1, 0.15) is 64.2 Å². The number of ether oxygens (including phenoxy) is 1. The van der Waals surface area contributed by atoms with E-state index in [9.17, 15) is 5.11 Å². The fourth-order valence-corrected chi connectivity index (χ4v) is 6.49. The van der Waals surface area contributed by atoms with Crippen LogP contribution < -0.4 is 0 Å². The molecule has 1 atom stereocenters. The standard InChI is InChI=1S/C18H30O2/c19-17(8-13-1-3-20-4-2-13)12-18-9-14-5-15(10-18)7-16(6-14)11-18/h13-17,19H,1-12H2. The van der Waals surface area contributed by atoms with Gasteiger partial charge in [0.2, 0.25) is 0 Å². The fourth-order valence-electron chi connectivity index (χ4n) is 6.49. The molecule has 5 fully saturated rings. The summed E-state index contributed by atoms with van der Waals surface area (Å²) in [5.41, 5.74) is 0.541. The molecule has 1 saturated heterocycles. The van der Waals surface area contributed by atoms with Gasteiger partial charge in [0.25, 0.3) is 0 Å². The number of aliphatic hydroxyl groups is 1. The molecule has 1 aliphatic heterocycles. The van der Waals surface area contributed by atoms with E-state index in [1.807, 2.05) is 0 Å². The molecule has 1 N–H and O–H groups in total. The van der Waals surface area contributed by atoms with Gasteiger partial charge in [-0.15, -0.1) is 0 Å². The van der Waals surface area contributed by atoms with Gasteiger partial charge in [-0.2, -0.15) is 0 Å². The zero-order valence-electron chi connectivity index (χ0n) is 12.7. The van der Waals surface area contributed by atoms with Crippen LogP contribution in [-0.4, -0.2) is 24.4 Å². The van der Waals surface area contributed by atoms with Crippen LogP contribution in [0.5, 0.6) is 0 Å². The topological polar surface area (TPSA) is 29.5 Å². The Hall–Kier alpha value is -0.0800. The van der Waals surface area contributed by atoms with Gasteiger partial charge in [-0.3, -0.25) is 0 Å². The van der Waals surface area contributed by atoms with E-state index in [0.717, 1.165) is 56.7 Å². The van der Waals surface area contributed by atoms with Crippen molar-refractivity contribution in [1.29, 1.82) is 0 Å². The Bertz CT molecular complexity index is 310. The molecule has 0 amide bonds. The Labute approximate surface area is 123 Å². The van der Waals surface area contributed by atoms with Crippen molar-refractivity contribution in [2.75, 3.05) is 13.2 Å². The summed E-state index contributed by atoms with van der Waals surface area (Å²) in [5.74, 6) is 3.75. The van der Waals surface area contributed by atoms with E-state index < -0.39 is 0 Å². The van der Waals surface area contributed by atoms with Crippen LogP contribution in [0.2, 0.25) is 0 Å². The van der Waals surface area contributed by atoms with Crippen LogP contribution in [0.15, 0.2) is 0 Å². The van der Waals surface area contributed by atoms with E-state index in [1.165, 1.54) is 38.5 Å². The lowest BCUT2D eigenvalue weighted by Crippen LogP contribution is -2.47. The van der Waals surface area contributed by atoms with E-state index >= 15 is 0 Å². The van der Waals surface area contributed by atoms with Crippen molar-refractivity contribution in [3.63, 3.8) is 0 Å². The van der Waals surface area contributed by atoms with Gasteiger partial charge in [0, 0.05) is 13.2 Å². The molecule has 2 heteroatoms. The molecule has 4 saturated carbocycles. The molecule has 5 rings (SSSR count). The minimum Gasteiger partial charge on any atom is -0.393 e. The molecule has 0 radical (unpaired) electrons. The third kappa shape index (κ3) is 2.66. The van der Waals surface area contributed by atoms with Gasteiger partial charge in [-0.25, -0.2) is 0 Å². The lowest BCUT2D eigenvalue weighted by molar-refractivity contribution is -0.0798. The van der Waals surface area contributed by atoms with E-state index in [2.05, 4.69) is 0 Å². The summed E-state index contributed by atoms with van der Waals surface area (Å²) in [6.45, 7) is 1.82. The van der Waals surface area contributed by atoms with Gasteiger partial charge in [-0.1, -0.05) is 0 Å². The van der Waals surface area contributed by atoms with Gasteiger partial charge in [-0.05, 0) is 93.3 Å². The minimum atomic E-state index is -0.0469. The van der Waals surface area contributed by atoms with Crippen LogP contribution >= 0.6 is 0 Å². The first-order valence-electron chi connectivity index (χ1n) is 8.97. The first-order valence-corrected chi connectivity index (χ1v) is 8.97. The molecule has 1 unspecified atom stereocenters. The van der Waals surface area contributed by atoms with Crippen LogP contribution in [0.3, 0.4) is 0 Å². The van der Waals surface area contributed by atoms with Crippen molar-refractivity contribution in [2.45, 2.75) is 70.3 Å². The monoisotopic (exact) mass is 278 g/mol. The van der Waals surface area contributed by atoms with Crippen molar-refractivity contribution >= 4 is 0 Å². The molecule has 1 heterocycles. The molecular formula is C18H30O2. The van der Waals surface area contributed by atoms with E-state index in [0.29, 0.717) is 11.3 Å². The normalized spacial score (nSPS) is 45.8. The first kappa shape index (κ1) is 13.6. The molecule has 114 valence electrons. The van der Waals surface area contributed by atoms with Gasteiger partial charge in [0.15, 0.2) is 0 Å². The van der Waals surface area contributed by atoms with Crippen LogP contribution in [-0.2, 0) is 4.74 Å². The number of rotatable bonds is 4. The number of hydrogen-bond donors (Lipinski definition) is 1. The average Bonchev–Trinajstić information content (AvgIpc) is 2.37. The fraction of sp³-hybridized carbons (Fsp3) is 1.00. The Kier molecular flexibility index (Phi) is 3.58. The lowest BCUT2D eigenvalue weighted by Gasteiger charge is -2.57. The molecule has 0 spiro atoms. The second-order valence-electron chi connectivity index (χ2n) is 8.57. The summed E-state index contributed by atoms with van der Waals surface area (Å²) in [6, 6.07) is 0. The Balaban J connectivity index is 1.36. The second-order valence-corrected chi connectivity index (χ2v) is 8.57. The molecule has 2 nitrogen and oxygen atoms in total. The minimum absolute atomic E-state index is 0.0469. The zero-order valence-corrected chi connectivity index (χ0v) is 12.7. The predicted molar refractivity (Wildman–Crippen MR) is 79.4 cm³/mol. The summed E-state index contributed by atoms with van der Waals surface area (Å²) in [5, 5.41) is 10.6. The number of aliphatic hydroxyl groups excluding tert-OH is 1. The summed E-state index contributed by atoms with van der Waals surface area (Å²) in [4.78, 5) is 0. The maximum absolute atomic E-state index is 10.6. The summed E-state index contributed by atoms with van der Waals surface area (Å²) >= 11 is 0. The Morgan fingerprint density at radius 3 is 2.05 bits per heavy atom. The molecule has 4 aliphatic carbocycles. The molecule has 0 aromatic carbocycles. The third-order valence-corrected chi connectivity index (χ3v) is 6.78. The van der Waals surface area contributed by atoms with Gasteiger partial charge >= 0.3 is 0 Å². The van der Waals surface area contributed by atoms with E-state index in [4.69, 9.17) is 4.74 Å². The SMILES string of the molecule is OC(CC1CCOCC1)CC12CC3CC(CC(C3)C1)C2. The maximum atomic E-state index is 10.6. The molecule has 0 aromatic rings. The number of hydrogen-bond acceptors (Lipinski definition) is 2. The van der Waals surface area contributed by atoms with Gasteiger partial charge in [0.1, 0.15) is 0 Å². The van der Waals surface area contributed by atoms with Crippen molar-refractivity contribution in [3.05, 3.63) is 0 Å². The Morgan fingerprint density at radius 2 is 1.50 bits per heavy atom. The van der Waals surface area contributed by atoms with Crippen molar-refractivity contribution in [3.8, 4) is 0 Å². The Morgan fingerprint density at radius 1 is 0.950 bits per heavy atom. The lowest BCUT2D eigenvalue weighted by atomic mass is 9.48. The van der Waals surface area contributed by atoms with Gasteiger partial charge < -0.3 is 9.84 Å². The van der Waals surface area contributed by atoms with Crippen LogP contribution in [0, 0.1) is 29.1 Å². The second kappa shape index (κ2) is 5.28. The third-order valence-electron chi connectivity index (χ3n) is 6.78. The smallest absolute Gasteiger partial charge is 0.0548 e. The quantitative estimate of drug-likeness (QED) is 0.848. The van der Waals surface area contributed by atoms with Gasteiger partial charge in [0.05, 0.1) is 6.10 Å². The molecular weight excluding hydrogens is 248 g/mol. The van der Waals surface area contributed by atoms with Crippen molar-refractivity contribution < 1.29 is 9.84 Å². The van der Waals surface area contributed by atoms with Crippen molar-refractivity contribution in [1.82, 2.24) is 0 Å².